The molecular formula is C13H21Cl2N3O. The summed E-state index contributed by atoms with van der Waals surface area (Å²) in [6.07, 6.45) is 5.10. The van der Waals surface area contributed by atoms with Gasteiger partial charge in [-0.1, -0.05) is 0 Å². The van der Waals surface area contributed by atoms with E-state index in [-0.39, 0.29) is 30.7 Å². The molecule has 2 N–H and O–H groups in total. The first kappa shape index (κ1) is 18.2. The molecule has 2 rings (SSSR count). The molecule has 1 aliphatic heterocycles. The molecule has 19 heavy (non-hydrogen) atoms. The fourth-order valence-electron chi connectivity index (χ4n) is 2.07. The Bertz CT molecular complexity index is 378. The Labute approximate surface area is 126 Å². The van der Waals surface area contributed by atoms with Crippen molar-refractivity contribution in [1.29, 1.82) is 0 Å². The van der Waals surface area contributed by atoms with Gasteiger partial charge in [-0.15, -0.1) is 24.8 Å². The van der Waals surface area contributed by atoms with Gasteiger partial charge in [-0.05, 0) is 44.9 Å². The number of hydrogen-bond donors (Lipinski definition) is 2. The fraction of sp³-hybridized carbons (Fsp3) is 0.538. The molecule has 0 saturated carbocycles. The van der Waals surface area contributed by atoms with E-state index in [1.54, 1.807) is 6.20 Å². The van der Waals surface area contributed by atoms with Crippen molar-refractivity contribution in [1.82, 2.24) is 15.6 Å². The third-order valence-electron chi connectivity index (χ3n) is 3.11. The van der Waals surface area contributed by atoms with Gasteiger partial charge in [-0.3, -0.25) is 9.78 Å². The highest BCUT2D eigenvalue weighted by molar-refractivity contribution is 5.93. The van der Waals surface area contributed by atoms with Crippen LogP contribution in [0.1, 0.15) is 35.3 Å². The van der Waals surface area contributed by atoms with Gasteiger partial charge in [-0.25, -0.2) is 0 Å². The second kappa shape index (κ2) is 9.13. The minimum Gasteiger partial charge on any atom is -0.352 e. The van der Waals surface area contributed by atoms with Gasteiger partial charge in [0.1, 0.15) is 0 Å². The molecular weight excluding hydrogens is 285 g/mol. The quantitative estimate of drug-likeness (QED) is 0.896. The largest absolute Gasteiger partial charge is 0.352 e. The molecule has 1 aliphatic rings. The van der Waals surface area contributed by atoms with Crippen LogP contribution in [0.25, 0.3) is 0 Å². The van der Waals surface area contributed by atoms with E-state index in [1.165, 1.54) is 12.8 Å². The third kappa shape index (κ3) is 5.76. The molecule has 4 nitrogen and oxygen atoms in total. The molecule has 0 unspecified atom stereocenters. The Hall–Kier alpha value is -0.840. The molecule has 1 aromatic heterocycles. The summed E-state index contributed by atoms with van der Waals surface area (Å²) in [5.41, 5.74) is 1.56. The lowest BCUT2D eigenvalue weighted by molar-refractivity contribution is 0.0952. The highest BCUT2D eigenvalue weighted by Gasteiger charge is 2.13. The van der Waals surface area contributed by atoms with Crippen LogP contribution < -0.4 is 10.6 Å². The number of amides is 1. The lowest BCUT2D eigenvalue weighted by Crippen LogP contribution is -2.30. The molecule has 1 amide bonds. The molecule has 108 valence electrons. The van der Waals surface area contributed by atoms with Gasteiger partial charge in [0.25, 0.3) is 5.91 Å². The normalized spacial score (nSPS) is 17.2. The summed E-state index contributed by atoms with van der Waals surface area (Å²) in [4.78, 5) is 15.9. The van der Waals surface area contributed by atoms with Gasteiger partial charge in [0.05, 0.1) is 5.56 Å². The zero-order valence-corrected chi connectivity index (χ0v) is 12.6. The number of aryl methyl sites for hydroxylation is 1. The third-order valence-corrected chi connectivity index (χ3v) is 3.11. The van der Waals surface area contributed by atoms with E-state index in [4.69, 9.17) is 0 Å². The zero-order chi connectivity index (χ0) is 12.1. The van der Waals surface area contributed by atoms with E-state index in [9.17, 15) is 4.79 Å². The first-order chi connectivity index (χ1) is 8.25. The molecule has 1 aromatic rings. The summed E-state index contributed by atoms with van der Waals surface area (Å²) in [6.45, 7) is 3.75. The summed E-state index contributed by atoms with van der Waals surface area (Å²) in [5.74, 6) is -0.0319. The predicted molar refractivity (Wildman–Crippen MR) is 81.4 cm³/mol. The molecule has 1 atom stereocenters. The van der Waals surface area contributed by atoms with Crippen molar-refractivity contribution >= 4 is 30.7 Å². The van der Waals surface area contributed by atoms with E-state index in [0.717, 1.165) is 25.2 Å². The second-order valence-electron chi connectivity index (χ2n) is 4.53. The number of nitrogens with one attached hydrogen (secondary N) is 2. The maximum atomic E-state index is 11.8. The van der Waals surface area contributed by atoms with Gasteiger partial charge in [-0.2, -0.15) is 0 Å². The van der Waals surface area contributed by atoms with Gasteiger partial charge in [0, 0.05) is 24.5 Å². The van der Waals surface area contributed by atoms with Crippen LogP contribution in [0.2, 0.25) is 0 Å². The molecule has 0 spiro atoms. The Morgan fingerprint density at radius 3 is 2.84 bits per heavy atom. The van der Waals surface area contributed by atoms with Crippen LogP contribution in [-0.4, -0.2) is 30.0 Å². The average molecular weight is 306 g/mol. The Morgan fingerprint density at radius 2 is 2.26 bits per heavy atom. The summed E-state index contributed by atoms with van der Waals surface area (Å²) < 4.78 is 0. The van der Waals surface area contributed by atoms with Crippen LogP contribution in [0.4, 0.5) is 0 Å². The van der Waals surface area contributed by atoms with Crippen LogP contribution >= 0.6 is 24.8 Å². The van der Waals surface area contributed by atoms with Gasteiger partial charge < -0.3 is 10.6 Å². The summed E-state index contributed by atoms with van der Waals surface area (Å²) in [5, 5.41) is 6.34. The molecule has 6 heteroatoms. The highest BCUT2D eigenvalue weighted by Crippen LogP contribution is 2.07. The van der Waals surface area contributed by atoms with Crippen molar-refractivity contribution in [3.63, 3.8) is 0 Å². The van der Waals surface area contributed by atoms with Crippen molar-refractivity contribution < 1.29 is 4.79 Å². The molecule has 1 fully saturated rings. The first-order valence-corrected chi connectivity index (χ1v) is 6.20. The Balaban J connectivity index is 0.00000162. The number of pyridine rings is 1. The van der Waals surface area contributed by atoms with Crippen molar-refractivity contribution in [2.24, 2.45) is 0 Å². The number of halogens is 2. The van der Waals surface area contributed by atoms with Crippen LogP contribution in [0.5, 0.6) is 0 Å². The Morgan fingerprint density at radius 1 is 1.47 bits per heavy atom. The first-order valence-electron chi connectivity index (χ1n) is 6.20. The van der Waals surface area contributed by atoms with E-state index in [1.807, 2.05) is 19.1 Å². The molecule has 0 bridgehead atoms. The minimum absolute atomic E-state index is 0. The van der Waals surface area contributed by atoms with E-state index in [0.29, 0.717) is 11.6 Å². The maximum absolute atomic E-state index is 11.8. The molecule has 0 aliphatic carbocycles. The number of aromatic nitrogens is 1. The summed E-state index contributed by atoms with van der Waals surface area (Å²) in [7, 11) is 0. The van der Waals surface area contributed by atoms with E-state index >= 15 is 0 Å². The van der Waals surface area contributed by atoms with Crippen LogP contribution in [-0.2, 0) is 0 Å². The topological polar surface area (TPSA) is 54.0 Å². The van der Waals surface area contributed by atoms with Crippen LogP contribution in [0.3, 0.4) is 0 Å². The second-order valence-corrected chi connectivity index (χ2v) is 4.53. The molecule has 0 radical (unpaired) electrons. The van der Waals surface area contributed by atoms with E-state index < -0.39 is 0 Å². The number of hydrogen-bond acceptors (Lipinski definition) is 3. The number of rotatable bonds is 4. The molecule has 0 aromatic carbocycles. The van der Waals surface area contributed by atoms with Crippen molar-refractivity contribution in [3.05, 3.63) is 29.6 Å². The number of carbonyl (C=O) groups excluding carboxylic acids is 1. The minimum atomic E-state index is -0.0319. The van der Waals surface area contributed by atoms with Crippen LogP contribution in [0, 0.1) is 6.92 Å². The fourth-order valence-corrected chi connectivity index (χ4v) is 2.07. The SMILES string of the molecule is Cc1ccc(C(=O)NCC[C@H]2CCCN2)cn1.Cl.Cl. The monoisotopic (exact) mass is 305 g/mol. The molecule has 1 saturated heterocycles. The Kier molecular flexibility index (Phi) is 8.72. The summed E-state index contributed by atoms with van der Waals surface area (Å²) in [6, 6.07) is 4.24. The maximum Gasteiger partial charge on any atom is 0.252 e. The average Bonchev–Trinajstić information content (AvgIpc) is 2.83. The molecule has 2 heterocycles. The van der Waals surface area contributed by atoms with Crippen molar-refractivity contribution in [3.8, 4) is 0 Å². The lowest BCUT2D eigenvalue weighted by Gasteiger charge is -2.10. The smallest absolute Gasteiger partial charge is 0.252 e. The van der Waals surface area contributed by atoms with Crippen molar-refractivity contribution in [2.45, 2.75) is 32.2 Å². The van der Waals surface area contributed by atoms with Crippen LogP contribution in [0.15, 0.2) is 18.3 Å². The summed E-state index contributed by atoms with van der Waals surface area (Å²) >= 11 is 0. The van der Waals surface area contributed by atoms with Gasteiger partial charge in [0.2, 0.25) is 0 Å². The predicted octanol–water partition coefficient (Wildman–Crippen LogP) is 2.11. The zero-order valence-electron chi connectivity index (χ0n) is 11.0. The lowest BCUT2D eigenvalue weighted by atomic mass is 10.1. The number of nitrogens with zero attached hydrogens (tertiary/aromatic N) is 1. The standard InChI is InChI=1S/C13H19N3O.2ClH/c1-10-4-5-11(9-16-10)13(17)15-8-6-12-3-2-7-14-12;;/h4-5,9,12,14H,2-3,6-8H2,1H3,(H,15,17);2*1H/t12-;;/m1../s1. The van der Waals surface area contributed by atoms with E-state index in [2.05, 4.69) is 15.6 Å². The van der Waals surface area contributed by atoms with Crippen molar-refractivity contribution in [2.75, 3.05) is 13.1 Å². The highest BCUT2D eigenvalue weighted by atomic mass is 35.5. The van der Waals surface area contributed by atoms with Gasteiger partial charge >= 0.3 is 0 Å². The number of carbonyl (C=O) groups is 1. The van der Waals surface area contributed by atoms with Gasteiger partial charge in [0.15, 0.2) is 0 Å².